The van der Waals surface area contributed by atoms with Crippen molar-refractivity contribution in [2.75, 3.05) is 29.2 Å². The fourth-order valence-corrected chi connectivity index (χ4v) is 9.11. The summed E-state index contributed by atoms with van der Waals surface area (Å²) in [6.45, 7) is -0.343. The number of carbonyl (C=O) groups excluding carboxylic acids is 3. The SMILES string of the molecule is CN(C)c1ccc([C@H]2c3sc(=O)n(CC(=O)Nc4cccc5ccccc45)c3SC3C(=O)N(c4cccc(C(F)(F)F)c4)C(=O)C32)cc1. The Kier molecular flexibility index (Phi) is 7.91. The molecule has 3 heterocycles. The second-order valence-corrected chi connectivity index (χ2v) is 13.9. The minimum atomic E-state index is -4.67. The van der Waals surface area contributed by atoms with Gasteiger partial charge in [-0.1, -0.05) is 77.7 Å². The highest BCUT2D eigenvalue weighted by Gasteiger charge is 2.57. The Bertz CT molecular complexity index is 2150. The van der Waals surface area contributed by atoms with Crippen LogP contribution in [0, 0.1) is 5.92 Å². The minimum absolute atomic E-state index is 0.174. The Morgan fingerprint density at radius 3 is 2.33 bits per heavy atom. The number of rotatable bonds is 6. The highest BCUT2D eigenvalue weighted by molar-refractivity contribution is 8.00. The highest BCUT2D eigenvalue weighted by atomic mass is 32.2. The summed E-state index contributed by atoms with van der Waals surface area (Å²) in [4.78, 5) is 57.8. The van der Waals surface area contributed by atoms with Crippen LogP contribution in [0.4, 0.5) is 30.2 Å². The van der Waals surface area contributed by atoms with E-state index in [1.54, 1.807) is 6.07 Å². The summed E-state index contributed by atoms with van der Waals surface area (Å²) in [6, 6.07) is 24.6. The standard InChI is InChI=1S/C35H27F3N4O4S2/c1-40(2)22-15-13-20(14-16-22)27-28-29(32(45)42(31(28)44)23-10-6-9-21(17-23)35(36,37)38)47-33-30(27)48-34(46)41(33)18-26(43)39-25-12-5-8-19-7-3-4-11-24(19)25/h3-17,27-29H,18H2,1-2H3,(H,39,43)/t27-,28?,29?/m1/s1. The van der Waals surface area contributed by atoms with Crippen LogP contribution in [0.3, 0.4) is 0 Å². The molecule has 0 radical (unpaired) electrons. The maximum atomic E-state index is 14.1. The zero-order valence-corrected chi connectivity index (χ0v) is 27.2. The normalized spacial score (nSPS) is 18.9. The highest BCUT2D eigenvalue weighted by Crippen LogP contribution is 2.54. The summed E-state index contributed by atoms with van der Waals surface area (Å²) >= 11 is 1.90. The number of hydrogen-bond donors (Lipinski definition) is 1. The first-order valence-electron chi connectivity index (χ1n) is 14.9. The molecular weight excluding hydrogens is 662 g/mol. The van der Waals surface area contributed by atoms with Gasteiger partial charge < -0.3 is 10.2 Å². The Morgan fingerprint density at radius 2 is 1.60 bits per heavy atom. The Balaban J connectivity index is 1.28. The van der Waals surface area contributed by atoms with Crippen molar-refractivity contribution in [3.8, 4) is 0 Å². The van der Waals surface area contributed by atoms with Crippen LogP contribution in [0.15, 0.2) is 101 Å². The molecule has 244 valence electrons. The molecule has 1 N–H and O–H groups in total. The third kappa shape index (κ3) is 5.46. The van der Waals surface area contributed by atoms with E-state index < -0.39 is 51.4 Å². The Labute approximate surface area is 280 Å². The molecule has 13 heteroatoms. The predicted molar refractivity (Wildman–Crippen MR) is 181 cm³/mol. The number of aromatic nitrogens is 1. The molecule has 48 heavy (non-hydrogen) atoms. The van der Waals surface area contributed by atoms with E-state index in [0.717, 1.165) is 62.7 Å². The second kappa shape index (κ2) is 12.0. The summed E-state index contributed by atoms with van der Waals surface area (Å²) in [5, 5.41) is 4.00. The number of fused-ring (bicyclic) bond motifs is 3. The van der Waals surface area contributed by atoms with Gasteiger partial charge in [-0.05, 0) is 47.3 Å². The number of hydrogen-bond acceptors (Lipinski definition) is 7. The van der Waals surface area contributed by atoms with Crippen LogP contribution in [-0.2, 0) is 27.1 Å². The molecule has 7 rings (SSSR count). The van der Waals surface area contributed by atoms with Crippen LogP contribution in [0.5, 0.6) is 0 Å². The van der Waals surface area contributed by atoms with E-state index in [4.69, 9.17) is 0 Å². The van der Waals surface area contributed by atoms with Crippen molar-refractivity contribution >= 4 is 68.7 Å². The van der Waals surface area contributed by atoms with Crippen molar-refractivity contribution in [3.05, 3.63) is 117 Å². The second-order valence-electron chi connectivity index (χ2n) is 11.8. The minimum Gasteiger partial charge on any atom is -0.378 e. The van der Waals surface area contributed by atoms with E-state index in [1.807, 2.05) is 79.7 Å². The van der Waals surface area contributed by atoms with Crippen molar-refractivity contribution in [1.82, 2.24) is 4.57 Å². The zero-order valence-electron chi connectivity index (χ0n) is 25.5. The quantitative estimate of drug-likeness (QED) is 0.203. The summed E-state index contributed by atoms with van der Waals surface area (Å²) in [7, 11) is 3.75. The molecule has 1 fully saturated rings. The van der Waals surface area contributed by atoms with Gasteiger partial charge in [-0.15, -0.1) is 0 Å². The first-order valence-corrected chi connectivity index (χ1v) is 16.6. The van der Waals surface area contributed by atoms with Gasteiger partial charge in [0.15, 0.2) is 0 Å². The lowest BCUT2D eigenvalue weighted by Crippen LogP contribution is -2.33. The summed E-state index contributed by atoms with van der Waals surface area (Å²) in [5.74, 6) is -3.53. The molecule has 0 saturated carbocycles. The van der Waals surface area contributed by atoms with Crippen molar-refractivity contribution in [2.45, 2.75) is 28.9 Å². The van der Waals surface area contributed by atoms with Crippen LogP contribution < -0.4 is 20.0 Å². The number of carbonyl (C=O) groups is 3. The van der Waals surface area contributed by atoms with Crippen LogP contribution in [0.1, 0.15) is 21.9 Å². The largest absolute Gasteiger partial charge is 0.416 e. The van der Waals surface area contributed by atoms with Crippen molar-refractivity contribution in [1.29, 1.82) is 0 Å². The fourth-order valence-electron chi connectivity index (χ4n) is 6.34. The summed E-state index contributed by atoms with van der Waals surface area (Å²) < 4.78 is 42.1. The van der Waals surface area contributed by atoms with Crippen LogP contribution >= 0.6 is 23.1 Å². The maximum Gasteiger partial charge on any atom is 0.416 e. The van der Waals surface area contributed by atoms with Crippen LogP contribution in [0.25, 0.3) is 10.8 Å². The van der Waals surface area contributed by atoms with E-state index in [2.05, 4.69) is 5.32 Å². The first kappa shape index (κ1) is 31.7. The number of halogens is 3. The van der Waals surface area contributed by atoms with E-state index in [0.29, 0.717) is 21.2 Å². The molecule has 4 aromatic carbocycles. The number of nitrogens with zero attached hydrogens (tertiary/aromatic N) is 3. The lowest BCUT2D eigenvalue weighted by atomic mass is 9.83. The molecule has 3 amide bonds. The van der Waals surface area contributed by atoms with E-state index >= 15 is 0 Å². The van der Waals surface area contributed by atoms with Crippen LogP contribution in [0.2, 0.25) is 0 Å². The number of thioether (sulfide) groups is 1. The summed E-state index contributed by atoms with van der Waals surface area (Å²) in [5.41, 5.74) is 0.972. The van der Waals surface area contributed by atoms with Gasteiger partial charge >= 0.3 is 11.0 Å². The Hall–Kier alpha value is -4.88. The van der Waals surface area contributed by atoms with Gasteiger partial charge in [0.25, 0.3) is 0 Å². The van der Waals surface area contributed by atoms with Crippen molar-refractivity contribution in [2.24, 2.45) is 5.92 Å². The molecule has 0 aliphatic carbocycles. The average molecular weight is 689 g/mol. The lowest BCUT2D eigenvalue weighted by Gasteiger charge is -2.31. The number of anilines is 3. The molecule has 0 spiro atoms. The maximum absolute atomic E-state index is 14.1. The van der Waals surface area contributed by atoms with Crippen LogP contribution in [-0.4, -0.2) is 41.6 Å². The number of nitrogens with one attached hydrogen (secondary N) is 1. The van der Waals surface area contributed by atoms with Crippen molar-refractivity contribution < 1.29 is 27.6 Å². The van der Waals surface area contributed by atoms with Gasteiger partial charge in [0.05, 0.1) is 22.2 Å². The van der Waals surface area contributed by atoms with Gasteiger partial charge in [0.2, 0.25) is 17.7 Å². The number of amides is 3. The average Bonchev–Trinajstić information content (AvgIpc) is 3.50. The number of benzene rings is 4. The monoisotopic (exact) mass is 688 g/mol. The van der Waals surface area contributed by atoms with E-state index in [-0.39, 0.29) is 12.2 Å². The molecule has 2 unspecified atom stereocenters. The van der Waals surface area contributed by atoms with E-state index in [1.165, 1.54) is 10.6 Å². The smallest absolute Gasteiger partial charge is 0.378 e. The molecule has 0 bridgehead atoms. The molecular formula is C35H27F3N4O4S2. The molecule has 2 aliphatic rings. The molecule has 2 aliphatic heterocycles. The first-order chi connectivity index (χ1) is 22.9. The number of alkyl halides is 3. The molecule has 1 saturated heterocycles. The van der Waals surface area contributed by atoms with Gasteiger partial charge in [-0.3, -0.25) is 23.7 Å². The van der Waals surface area contributed by atoms with Gasteiger partial charge in [-0.2, -0.15) is 13.2 Å². The predicted octanol–water partition coefficient (Wildman–Crippen LogP) is 6.58. The third-order valence-corrected chi connectivity index (χ3v) is 11.2. The zero-order chi connectivity index (χ0) is 33.9. The van der Waals surface area contributed by atoms with E-state index in [9.17, 15) is 32.3 Å². The fraction of sp³-hybridized carbons (Fsp3) is 0.200. The Morgan fingerprint density at radius 1 is 0.896 bits per heavy atom. The lowest BCUT2D eigenvalue weighted by molar-refractivity contribution is -0.137. The molecule has 3 atom stereocenters. The van der Waals surface area contributed by atoms with Crippen molar-refractivity contribution in [3.63, 3.8) is 0 Å². The van der Waals surface area contributed by atoms with Gasteiger partial charge in [-0.25, -0.2) is 4.90 Å². The molecule has 8 nitrogen and oxygen atoms in total. The van der Waals surface area contributed by atoms with Gasteiger partial charge in [0.1, 0.15) is 11.8 Å². The number of imide groups is 1. The molecule has 1 aromatic heterocycles. The third-order valence-electron chi connectivity index (χ3n) is 8.61. The topological polar surface area (TPSA) is 91.7 Å². The molecule has 5 aromatic rings. The summed E-state index contributed by atoms with van der Waals surface area (Å²) in [6.07, 6.45) is -4.67. The number of thiazole rings is 1. The van der Waals surface area contributed by atoms with Gasteiger partial charge in [0, 0.05) is 41.7 Å².